The number of carbonyl (C=O) groups is 4. The van der Waals surface area contributed by atoms with Crippen molar-refractivity contribution in [2.75, 3.05) is 28.4 Å². The van der Waals surface area contributed by atoms with Gasteiger partial charge in [0.25, 0.3) is 47.0 Å². The minimum Gasteiger partial charge on any atom is -0.469 e. The number of ether oxygens (including phenoxy) is 12. The van der Waals surface area contributed by atoms with Crippen molar-refractivity contribution in [3.63, 3.8) is 0 Å². The van der Waals surface area contributed by atoms with E-state index in [9.17, 15) is 19.2 Å². The van der Waals surface area contributed by atoms with Gasteiger partial charge in [0.15, 0.2) is 0 Å². The lowest BCUT2D eigenvalue weighted by molar-refractivity contribution is -0.141. The van der Waals surface area contributed by atoms with Gasteiger partial charge < -0.3 is 56.8 Å². The van der Waals surface area contributed by atoms with Crippen molar-refractivity contribution in [3.05, 3.63) is 190 Å². The highest BCUT2D eigenvalue weighted by atomic mass is 16.6. The van der Waals surface area contributed by atoms with E-state index in [2.05, 4.69) is 0 Å². The number of para-hydroxylation sites is 8. The van der Waals surface area contributed by atoms with E-state index < -0.39 is 47.5 Å². The Morgan fingerprint density at radius 1 is 0.260 bits per heavy atom. The molecule has 0 saturated heterocycles. The molecule has 4 aliphatic heterocycles. The van der Waals surface area contributed by atoms with Gasteiger partial charge in [-0.2, -0.15) is 0 Å². The van der Waals surface area contributed by atoms with Crippen LogP contribution in [0.25, 0.3) is 44.1 Å². The topological polar surface area (TPSA) is 282 Å². The van der Waals surface area contributed by atoms with Gasteiger partial charge in [-0.25, -0.2) is 39.9 Å². The van der Waals surface area contributed by atoms with Crippen molar-refractivity contribution in [1.82, 2.24) is 39.9 Å². The number of carbonyl (C=O) groups excluding carboxylic acids is 4. The fourth-order valence-corrected chi connectivity index (χ4v) is 14.6. The summed E-state index contributed by atoms with van der Waals surface area (Å²) in [5.74, 6) is -2.69. The van der Waals surface area contributed by atoms with E-state index in [0.29, 0.717) is 88.6 Å². The first-order valence-corrected chi connectivity index (χ1v) is 34.4. The SMILES string of the molecule is COC(=O)CCCC1c2cc3c4cc2Oc2nc5ccccc5nc2Oc2cc5c(cc21)C(CCCC(=O)OC)c1cc2c(cc1Oc1nc6ccccc6nc1O5)Oc1nc5ccccc5nc1Oc1cc(c(cc1C2CCCC(=O)OC)C3CCCC(=O)OC)Oc1nc2ccccc2nc1O4. The highest BCUT2D eigenvalue weighted by molar-refractivity contribution is 5.81. The number of nitrogens with zero attached hydrogens (tertiary/aromatic N) is 8. The second-order valence-electron chi connectivity index (χ2n) is 25.9. The highest BCUT2D eigenvalue weighted by Crippen LogP contribution is 2.59. The third-order valence-electron chi connectivity index (χ3n) is 19.7. The van der Waals surface area contributed by atoms with Crippen LogP contribution in [0.5, 0.6) is 93.0 Å². The number of benzene rings is 8. The van der Waals surface area contributed by atoms with Crippen molar-refractivity contribution in [1.29, 1.82) is 0 Å². The Kier molecular flexibility index (Phi) is 16.8. The van der Waals surface area contributed by atoms with Crippen LogP contribution in [0, 0.1) is 0 Å². The number of hydrogen-bond acceptors (Lipinski definition) is 24. The Morgan fingerprint density at radius 3 is 0.558 bits per heavy atom. The van der Waals surface area contributed by atoms with Crippen LogP contribution in [0.4, 0.5) is 0 Å². The molecule has 24 nitrogen and oxygen atoms in total. The molecule has 0 amide bonds. The largest absolute Gasteiger partial charge is 0.469 e. The van der Waals surface area contributed by atoms with E-state index in [1.54, 1.807) is 24.3 Å². The first-order chi connectivity index (χ1) is 50.9. The van der Waals surface area contributed by atoms with Crippen molar-refractivity contribution in [2.45, 2.75) is 101 Å². The Morgan fingerprint density at radius 2 is 0.413 bits per heavy atom. The van der Waals surface area contributed by atoms with Gasteiger partial charge in [0.2, 0.25) is 0 Å². The van der Waals surface area contributed by atoms with Crippen LogP contribution < -0.4 is 37.9 Å². The summed E-state index contributed by atoms with van der Waals surface area (Å²) >= 11 is 0. The maximum Gasteiger partial charge on any atom is 0.305 e. The molecule has 17 rings (SSSR count). The van der Waals surface area contributed by atoms with E-state index in [1.165, 1.54) is 28.4 Å². The van der Waals surface area contributed by atoms with Gasteiger partial charge in [0.05, 0.1) is 72.6 Å². The van der Waals surface area contributed by atoms with Gasteiger partial charge >= 0.3 is 23.9 Å². The normalized spacial score (nSPS) is 16.0. The molecular formula is C80H64N8O16. The first kappa shape index (κ1) is 64.8. The zero-order chi connectivity index (χ0) is 70.7. The molecule has 1 aliphatic carbocycles. The summed E-state index contributed by atoms with van der Waals surface area (Å²) in [5.41, 5.74) is 8.75. The summed E-state index contributed by atoms with van der Waals surface area (Å²) in [4.78, 5) is 95.1. The highest BCUT2D eigenvalue weighted by Gasteiger charge is 2.40. The number of esters is 4. The van der Waals surface area contributed by atoms with Crippen LogP contribution in [0.2, 0.25) is 0 Å². The average molecular weight is 1390 g/mol. The second kappa shape index (κ2) is 27.1. The lowest BCUT2D eigenvalue weighted by Gasteiger charge is -2.30. The summed E-state index contributed by atoms with van der Waals surface area (Å²) in [6.45, 7) is 0. The predicted molar refractivity (Wildman–Crippen MR) is 375 cm³/mol. The summed E-state index contributed by atoms with van der Waals surface area (Å²) in [5, 5.41) is 0. The molecule has 0 saturated carbocycles. The minimum atomic E-state index is -0.762. The number of aromatic nitrogens is 8. The zero-order valence-corrected chi connectivity index (χ0v) is 56.8. The van der Waals surface area contributed by atoms with Crippen LogP contribution in [-0.2, 0) is 38.1 Å². The Hall–Kier alpha value is -12.6. The molecule has 8 heterocycles. The predicted octanol–water partition coefficient (Wildman–Crippen LogP) is 17.3. The molecule has 0 unspecified atom stereocenters. The molecule has 0 spiro atoms. The monoisotopic (exact) mass is 1390 g/mol. The van der Waals surface area contributed by atoms with E-state index in [0.717, 1.165) is 0 Å². The first-order valence-electron chi connectivity index (χ1n) is 34.4. The molecule has 104 heavy (non-hydrogen) atoms. The van der Waals surface area contributed by atoms with Gasteiger partial charge in [-0.3, -0.25) is 19.2 Å². The molecule has 8 bridgehead atoms. The van der Waals surface area contributed by atoms with Crippen molar-refractivity contribution >= 4 is 68.0 Å². The third-order valence-corrected chi connectivity index (χ3v) is 19.7. The fraction of sp³-hybridized carbons (Fsp3) is 0.250. The average Bonchev–Trinajstić information content (AvgIpc) is 1.46. The standard InChI is InChI=1S/C80H64N8O16/c1-93-69(89)29-13-17-41-45-33-47-42(18-14-30-70(90)94-2)49-35-51-44(20-16-32-72(92)96-4)52-36-50-43(19-15-31-71(91)95-3)48-34-46(41)62-38-64(48)100-76-78(86-58-26-10-8-24-56(58)84-76)102-66(50)40-68(52)104-80-79(87-59-27-11-12-28-60(59)88-80)103-67(51)39-65(49)101-77-75(83-55-23-7-9-25-57(55)85-77)99-63(47)37-61(45)97-73-74(98-62)82-54-22-6-5-21-53(54)81-73/h5-12,21-28,33-44H,13-20,29-32H2,1-4H3. The molecule has 4 aromatic heterocycles. The van der Waals surface area contributed by atoms with Crippen molar-refractivity contribution in [2.24, 2.45) is 0 Å². The lowest BCUT2D eigenvalue weighted by Crippen LogP contribution is -2.14. The molecular weight excluding hydrogens is 1330 g/mol. The zero-order valence-electron chi connectivity index (χ0n) is 56.8. The Balaban J connectivity index is 1.05. The van der Waals surface area contributed by atoms with Crippen LogP contribution in [-0.4, -0.2) is 92.2 Å². The van der Waals surface area contributed by atoms with Gasteiger partial charge in [-0.15, -0.1) is 0 Å². The van der Waals surface area contributed by atoms with E-state index >= 15 is 0 Å². The molecule has 24 heteroatoms. The molecule has 0 N–H and O–H groups in total. The summed E-state index contributed by atoms with van der Waals surface area (Å²) in [6, 6.07) is 44.8. The van der Waals surface area contributed by atoms with Gasteiger partial charge in [0, 0.05) is 118 Å². The van der Waals surface area contributed by atoms with Crippen LogP contribution in [0.15, 0.2) is 146 Å². The molecule has 0 atom stereocenters. The van der Waals surface area contributed by atoms with Crippen molar-refractivity contribution < 1.29 is 76.0 Å². The van der Waals surface area contributed by atoms with Gasteiger partial charge in [-0.1, -0.05) is 48.5 Å². The van der Waals surface area contributed by atoms with Crippen molar-refractivity contribution in [3.8, 4) is 93.0 Å². The molecule has 520 valence electrons. The van der Waals surface area contributed by atoms with E-state index in [1.807, 2.05) is 121 Å². The number of hydrogen-bond donors (Lipinski definition) is 0. The van der Waals surface area contributed by atoms with Gasteiger partial charge in [0.1, 0.15) is 46.0 Å². The third kappa shape index (κ3) is 12.2. The van der Waals surface area contributed by atoms with Crippen LogP contribution in [0.3, 0.4) is 0 Å². The number of fused-ring (bicyclic) bond motifs is 8. The molecule has 5 aliphatic rings. The molecule has 12 aromatic rings. The Bertz CT molecular complexity index is 4590. The minimum absolute atomic E-state index is 0.00802. The number of methoxy groups -OCH3 is 4. The Labute approximate surface area is 593 Å². The molecule has 0 fully saturated rings. The number of rotatable bonds is 16. The molecule has 8 aromatic carbocycles. The second-order valence-corrected chi connectivity index (χ2v) is 25.9. The van der Waals surface area contributed by atoms with E-state index in [4.69, 9.17) is 96.7 Å². The van der Waals surface area contributed by atoms with Crippen LogP contribution >= 0.6 is 0 Å². The maximum atomic E-state index is 13.5. The summed E-state index contributed by atoms with van der Waals surface area (Å²) in [6.07, 6.45) is 2.29. The maximum absolute atomic E-state index is 13.5. The fourth-order valence-electron chi connectivity index (χ4n) is 14.6. The summed E-state index contributed by atoms with van der Waals surface area (Å²) in [7, 11) is 5.43. The van der Waals surface area contributed by atoms with Gasteiger partial charge in [-0.05, 0) is 124 Å². The van der Waals surface area contributed by atoms with Crippen LogP contribution in [0.1, 0.15) is 145 Å². The molecule has 0 radical (unpaired) electrons. The lowest BCUT2D eigenvalue weighted by atomic mass is 9.76. The van der Waals surface area contributed by atoms with E-state index in [-0.39, 0.29) is 170 Å². The smallest absolute Gasteiger partial charge is 0.305 e. The summed E-state index contributed by atoms with van der Waals surface area (Å²) < 4.78 is 79.7. The quantitative estimate of drug-likeness (QED) is 0.0641.